The van der Waals surface area contributed by atoms with Crippen molar-refractivity contribution in [2.24, 2.45) is 0 Å². The van der Waals surface area contributed by atoms with Crippen LogP contribution in [-0.4, -0.2) is 42.2 Å². The van der Waals surface area contributed by atoms with Gasteiger partial charge in [0.15, 0.2) is 0 Å². The highest BCUT2D eigenvalue weighted by molar-refractivity contribution is 5.96. The Hall–Kier alpha value is -2.34. The molecular weight excluding hydrogens is 318 g/mol. The molecule has 132 valence electrons. The molecule has 3 heterocycles. The van der Waals surface area contributed by atoms with Gasteiger partial charge in [-0.3, -0.25) is 9.69 Å². The standard InChI is InChI=1S/C19H23N3O3/c1-14-12-15(20-25-14)16-6-4-5-9-21(16)13-19(23)22-10-11-24-18-8-3-2-7-17(18)22/h2-3,7-8,12,16H,4-6,9-11,13H2,1H3. The second kappa shape index (κ2) is 6.88. The summed E-state index contributed by atoms with van der Waals surface area (Å²) >= 11 is 0. The van der Waals surface area contributed by atoms with Gasteiger partial charge < -0.3 is 14.2 Å². The average molecular weight is 341 g/mol. The molecular formula is C19H23N3O3. The van der Waals surface area contributed by atoms with Gasteiger partial charge >= 0.3 is 0 Å². The Kier molecular flexibility index (Phi) is 4.44. The van der Waals surface area contributed by atoms with Crippen LogP contribution in [-0.2, 0) is 4.79 Å². The van der Waals surface area contributed by atoms with Gasteiger partial charge in [-0.2, -0.15) is 0 Å². The molecule has 1 unspecified atom stereocenters. The van der Waals surface area contributed by atoms with E-state index in [4.69, 9.17) is 9.26 Å². The molecule has 4 rings (SSSR count). The fourth-order valence-corrected chi connectivity index (χ4v) is 3.75. The topological polar surface area (TPSA) is 58.8 Å². The number of carbonyl (C=O) groups is 1. The minimum Gasteiger partial charge on any atom is -0.490 e. The normalized spacial score (nSPS) is 20.8. The lowest BCUT2D eigenvalue weighted by molar-refractivity contribution is -0.121. The number of amides is 1. The monoisotopic (exact) mass is 341 g/mol. The van der Waals surface area contributed by atoms with Crippen molar-refractivity contribution in [3.05, 3.63) is 41.8 Å². The van der Waals surface area contributed by atoms with Gasteiger partial charge in [0.05, 0.1) is 24.8 Å². The molecule has 1 fully saturated rings. The Morgan fingerprint density at radius 3 is 3.00 bits per heavy atom. The Morgan fingerprint density at radius 1 is 1.28 bits per heavy atom. The van der Waals surface area contributed by atoms with Crippen molar-refractivity contribution >= 4 is 11.6 Å². The summed E-state index contributed by atoms with van der Waals surface area (Å²) in [5.74, 6) is 1.71. The smallest absolute Gasteiger partial charge is 0.241 e. The number of hydrogen-bond acceptors (Lipinski definition) is 5. The number of likely N-dealkylation sites (tertiary alicyclic amines) is 1. The molecule has 2 aliphatic heterocycles. The maximum atomic E-state index is 13.0. The van der Waals surface area contributed by atoms with Crippen LogP contribution in [0.4, 0.5) is 5.69 Å². The van der Waals surface area contributed by atoms with Crippen molar-refractivity contribution < 1.29 is 14.1 Å². The molecule has 1 atom stereocenters. The molecule has 2 aliphatic rings. The first kappa shape index (κ1) is 16.1. The first-order chi connectivity index (χ1) is 12.2. The number of piperidine rings is 1. The van der Waals surface area contributed by atoms with Crippen LogP contribution in [0.1, 0.15) is 36.8 Å². The molecule has 0 spiro atoms. The molecule has 1 saturated heterocycles. The molecule has 0 aliphatic carbocycles. The fraction of sp³-hybridized carbons (Fsp3) is 0.474. The third kappa shape index (κ3) is 3.26. The van der Waals surface area contributed by atoms with E-state index in [2.05, 4.69) is 10.1 Å². The molecule has 0 radical (unpaired) electrons. The van der Waals surface area contributed by atoms with Crippen LogP contribution in [0.5, 0.6) is 5.75 Å². The number of ether oxygens (including phenoxy) is 1. The van der Waals surface area contributed by atoms with Crippen molar-refractivity contribution in [1.82, 2.24) is 10.1 Å². The van der Waals surface area contributed by atoms with Gasteiger partial charge in [0.2, 0.25) is 5.91 Å². The Balaban J connectivity index is 1.51. The maximum absolute atomic E-state index is 13.0. The minimum atomic E-state index is 0.114. The molecule has 1 aromatic heterocycles. The number of rotatable bonds is 3. The molecule has 0 N–H and O–H groups in total. The molecule has 6 heteroatoms. The molecule has 1 amide bonds. The second-order valence-corrected chi connectivity index (χ2v) is 6.71. The van der Waals surface area contributed by atoms with Gasteiger partial charge in [0, 0.05) is 6.07 Å². The van der Waals surface area contributed by atoms with E-state index in [9.17, 15) is 4.79 Å². The lowest BCUT2D eigenvalue weighted by atomic mass is 9.99. The molecule has 2 aromatic rings. The quantitative estimate of drug-likeness (QED) is 0.859. The molecule has 0 saturated carbocycles. The van der Waals surface area contributed by atoms with Crippen molar-refractivity contribution in [1.29, 1.82) is 0 Å². The van der Waals surface area contributed by atoms with E-state index in [0.29, 0.717) is 19.7 Å². The van der Waals surface area contributed by atoms with Crippen molar-refractivity contribution in [3.8, 4) is 5.75 Å². The van der Waals surface area contributed by atoms with Crippen LogP contribution in [0.15, 0.2) is 34.9 Å². The van der Waals surface area contributed by atoms with Crippen LogP contribution >= 0.6 is 0 Å². The largest absolute Gasteiger partial charge is 0.490 e. The Labute approximate surface area is 147 Å². The third-order valence-corrected chi connectivity index (χ3v) is 4.97. The number of para-hydroxylation sites is 2. The summed E-state index contributed by atoms with van der Waals surface area (Å²) in [6, 6.07) is 9.87. The second-order valence-electron chi connectivity index (χ2n) is 6.71. The SMILES string of the molecule is Cc1cc(C2CCCCN2CC(=O)N2CCOc3ccccc32)no1. The summed E-state index contributed by atoms with van der Waals surface area (Å²) in [5.41, 5.74) is 1.80. The lowest BCUT2D eigenvalue weighted by Crippen LogP contribution is -2.46. The molecule has 25 heavy (non-hydrogen) atoms. The van der Waals surface area contributed by atoms with Crippen molar-refractivity contribution in [2.75, 3.05) is 31.1 Å². The van der Waals surface area contributed by atoms with E-state index in [-0.39, 0.29) is 11.9 Å². The Bertz CT molecular complexity index is 758. The van der Waals surface area contributed by atoms with Gasteiger partial charge in [-0.15, -0.1) is 0 Å². The van der Waals surface area contributed by atoms with E-state index >= 15 is 0 Å². The molecule has 6 nitrogen and oxygen atoms in total. The first-order valence-corrected chi connectivity index (χ1v) is 8.92. The summed E-state index contributed by atoms with van der Waals surface area (Å²) in [5, 5.41) is 4.18. The highest BCUT2D eigenvalue weighted by Crippen LogP contribution is 2.33. The lowest BCUT2D eigenvalue weighted by Gasteiger charge is -2.36. The van der Waals surface area contributed by atoms with Gasteiger partial charge in [0.1, 0.15) is 23.8 Å². The summed E-state index contributed by atoms with van der Waals surface area (Å²) in [6.07, 6.45) is 3.28. The zero-order valence-corrected chi connectivity index (χ0v) is 14.5. The van der Waals surface area contributed by atoms with E-state index in [0.717, 1.165) is 48.7 Å². The van der Waals surface area contributed by atoms with E-state index in [1.807, 2.05) is 42.2 Å². The van der Waals surface area contributed by atoms with Gasteiger partial charge in [-0.1, -0.05) is 23.7 Å². The predicted molar refractivity (Wildman–Crippen MR) is 93.7 cm³/mol. The van der Waals surface area contributed by atoms with Crippen molar-refractivity contribution in [3.63, 3.8) is 0 Å². The fourth-order valence-electron chi connectivity index (χ4n) is 3.75. The van der Waals surface area contributed by atoms with Gasteiger partial charge in [-0.25, -0.2) is 0 Å². The zero-order valence-electron chi connectivity index (χ0n) is 14.5. The van der Waals surface area contributed by atoms with Crippen molar-refractivity contribution in [2.45, 2.75) is 32.2 Å². The number of hydrogen-bond donors (Lipinski definition) is 0. The highest BCUT2D eigenvalue weighted by Gasteiger charge is 2.31. The Morgan fingerprint density at radius 2 is 2.16 bits per heavy atom. The van der Waals surface area contributed by atoms with Crippen LogP contribution in [0.3, 0.4) is 0 Å². The predicted octanol–water partition coefficient (Wildman–Crippen LogP) is 2.94. The average Bonchev–Trinajstić information content (AvgIpc) is 3.08. The number of aromatic nitrogens is 1. The summed E-state index contributed by atoms with van der Waals surface area (Å²) in [7, 11) is 0. The zero-order chi connectivity index (χ0) is 17.2. The van der Waals surface area contributed by atoms with Crippen LogP contribution in [0, 0.1) is 6.92 Å². The summed E-state index contributed by atoms with van der Waals surface area (Å²) in [4.78, 5) is 17.1. The number of benzene rings is 1. The number of aryl methyl sites for hydroxylation is 1. The molecule has 0 bridgehead atoms. The van der Waals surface area contributed by atoms with Gasteiger partial charge in [-0.05, 0) is 38.4 Å². The van der Waals surface area contributed by atoms with Crippen LogP contribution in [0.25, 0.3) is 0 Å². The maximum Gasteiger partial charge on any atom is 0.241 e. The third-order valence-electron chi connectivity index (χ3n) is 4.97. The summed E-state index contributed by atoms with van der Waals surface area (Å²) < 4.78 is 10.9. The summed E-state index contributed by atoms with van der Waals surface area (Å²) in [6.45, 7) is 4.34. The first-order valence-electron chi connectivity index (χ1n) is 8.92. The number of fused-ring (bicyclic) bond motifs is 1. The minimum absolute atomic E-state index is 0.114. The van der Waals surface area contributed by atoms with E-state index in [1.54, 1.807) is 0 Å². The van der Waals surface area contributed by atoms with Gasteiger partial charge in [0.25, 0.3) is 0 Å². The highest BCUT2D eigenvalue weighted by atomic mass is 16.5. The van der Waals surface area contributed by atoms with E-state index < -0.39 is 0 Å². The number of anilines is 1. The van der Waals surface area contributed by atoms with Crippen LogP contribution < -0.4 is 9.64 Å². The number of carbonyl (C=O) groups excluding carboxylic acids is 1. The van der Waals surface area contributed by atoms with E-state index in [1.165, 1.54) is 0 Å². The van der Waals surface area contributed by atoms with Crippen LogP contribution in [0.2, 0.25) is 0 Å². The molecule has 1 aromatic carbocycles. The number of nitrogens with zero attached hydrogens (tertiary/aromatic N) is 3.